The molecule has 1 nitrogen and oxygen atoms in total. The molecular weight excluding hydrogens is 286 g/mol. The van der Waals surface area contributed by atoms with Crippen molar-refractivity contribution in [1.29, 1.82) is 0 Å². The molecule has 13 heavy (non-hydrogen) atoms. The molecule has 0 aliphatic rings. The van der Waals surface area contributed by atoms with Crippen LogP contribution in [-0.2, 0) is 26.2 Å². The van der Waals surface area contributed by atoms with Crippen molar-refractivity contribution in [2.24, 2.45) is 0 Å². The van der Waals surface area contributed by atoms with Crippen molar-refractivity contribution in [3.8, 4) is 0 Å². The molecule has 0 aromatic rings. The standard InChI is InChI=1S/C8H17.CH2Cl2O.Zr/c1-3-5-7-8-6-4-2;2-1(3)4;/h1,3-8H2,2H3;1,4H;/q-1;;. The van der Waals surface area contributed by atoms with E-state index < -0.39 is 5.02 Å². The summed E-state index contributed by atoms with van der Waals surface area (Å²) >= 11 is 9.19. The van der Waals surface area contributed by atoms with Crippen LogP contribution in [0.15, 0.2) is 0 Å². The van der Waals surface area contributed by atoms with Crippen molar-refractivity contribution >= 4 is 23.2 Å². The molecule has 0 atom stereocenters. The summed E-state index contributed by atoms with van der Waals surface area (Å²) in [6.45, 7) is 6.02. The fourth-order valence-corrected chi connectivity index (χ4v) is 0.780. The summed E-state index contributed by atoms with van der Waals surface area (Å²) in [6, 6.07) is 0. The van der Waals surface area contributed by atoms with Crippen molar-refractivity contribution in [3.63, 3.8) is 0 Å². The Morgan fingerprint density at radius 2 is 1.54 bits per heavy atom. The van der Waals surface area contributed by atoms with Crippen LogP contribution in [0, 0.1) is 6.92 Å². The molecule has 0 saturated carbocycles. The van der Waals surface area contributed by atoms with Crippen LogP contribution in [0.2, 0.25) is 0 Å². The van der Waals surface area contributed by atoms with Gasteiger partial charge in [-0.3, -0.25) is 0 Å². The molecule has 1 N–H and O–H groups in total. The molecule has 0 fully saturated rings. The molecule has 0 unspecified atom stereocenters. The normalized spacial score (nSPS) is 8.77. The van der Waals surface area contributed by atoms with Crippen LogP contribution < -0.4 is 0 Å². The molecule has 0 radical (unpaired) electrons. The third kappa shape index (κ3) is 42.5. The first kappa shape index (κ1) is 19.9. The predicted molar refractivity (Wildman–Crippen MR) is 56.4 cm³/mol. The molecule has 0 aromatic carbocycles. The van der Waals surface area contributed by atoms with Gasteiger partial charge in [0.05, 0.1) is 0 Å². The second kappa shape index (κ2) is 19.1. The minimum Gasteiger partial charge on any atom is -0.365 e. The topological polar surface area (TPSA) is 20.2 Å². The number of unbranched alkanes of at least 4 members (excludes halogenated alkanes) is 5. The van der Waals surface area contributed by atoms with E-state index in [1.807, 2.05) is 0 Å². The van der Waals surface area contributed by atoms with Crippen LogP contribution in [0.4, 0.5) is 0 Å². The SMILES string of the molecule is OC(Cl)Cl.[CH2-]CCCCCCC.[Zr]. The van der Waals surface area contributed by atoms with Gasteiger partial charge in [-0.1, -0.05) is 62.2 Å². The summed E-state index contributed by atoms with van der Waals surface area (Å²) in [5, 5.41) is 6.36. The molecule has 0 saturated heterocycles. The number of hydrogen-bond acceptors (Lipinski definition) is 1. The first-order chi connectivity index (χ1) is 5.65. The first-order valence-corrected chi connectivity index (χ1v) is 5.27. The molecule has 0 bridgehead atoms. The Morgan fingerprint density at radius 3 is 1.85 bits per heavy atom. The van der Waals surface area contributed by atoms with Crippen LogP contribution in [0.1, 0.15) is 45.4 Å². The van der Waals surface area contributed by atoms with Crippen LogP contribution in [0.3, 0.4) is 0 Å². The summed E-state index contributed by atoms with van der Waals surface area (Å²) in [7, 11) is 0. The van der Waals surface area contributed by atoms with Crippen LogP contribution in [-0.4, -0.2) is 10.1 Å². The van der Waals surface area contributed by atoms with E-state index in [0.717, 1.165) is 6.42 Å². The summed E-state index contributed by atoms with van der Waals surface area (Å²) in [6.07, 6.45) is 7.98. The van der Waals surface area contributed by atoms with E-state index in [9.17, 15) is 0 Å². The zero-order chi connectivity index (χ0) is 9.82. The number of halogens is 2. The summed E-state index contributed by atoms with van der Waals surface area (Å²) in [4.78, 5) is 0. The fraction of sp³-hybridized carbons (Fsp3) is 0.889. The maximum absolute atomic E-state index is 7.59. The monoisotopic (exact) mass is 303 g/mol. The summed E-state index contributed by atoms with van der Waals surface area (Å²) in [5.41, 5.74) is 0. The minimum absolute atomic E-state index is 0. The van der Waals surface area contributed by atoms with Crippen molar-refractivity contribution in [3.05, 3.63) is 6.92 Å². The van der Waals surface area contributed by atoms with Crippen molar-refractivity contribution in [2.75, 3.05) is 0 Å². The van der Waals surface area contributed by atoms with E-state index in [0.29, 0.717) is 0 Å². The van der Waals surface area contributed by atoms with Crippen LogP contribution >= 0.6 is 23.2 Å². The number of alkyl halides is 2. The maximum Gasteiger partial charge on any atom is 0.204 e. The van der Waals surface area contributed by atoms with E-state index in [1.165, 1.54) is 32.1 Å². The molecular formula is C9H19Cl2OZr-. The van der Waals surface area contributed by atoms with E-state index in [1.54, 1.807) is 0 Å². The zero-order valence-corrected chi connectivity index (χ0v) is 12.2. The third-order valence-corrected chi connectivity index (χ3v) is 1.35. The molecule has 0 aromatic heterocycles. The van der Waals surface area contributed by atoms with Gasteiger partial charge in [0.15, 0.2) is 0 Å². The van der Waals surface area contributed by atoms with E-state index in [4.69, 9.17) is 5.11 Å². The Hall–Kier alpha value is 1.42. The maximum atomic E-state index is 7.59. The van der Waals surface area contributed by atoms with Gasteiger partial charge in [-0.05, 0) is 0 Å². The van der Waals surface area contributed by atoms with E-state index >= 15 is 0 Å². The quantitative estimate of drug-likeness (QED) is 0.464. The number of hydrogen-bond donors (Lipinski definition) is 1. The van der Waals surface area contributed by atoms with Gasteiger partial charge in [0.1, 0.15) is 0 Å². The molecule has 4 heteroatoms. The summed E-state index contributed by atoms with van der Waals surface area (Å²) < 4.78 is 0. The van der Waals surface area contributed by atoms with Gasteiger partial charge in [0.25, 0.3) is 0 Å². The average molecular weight is 305 g/mol. The van der Waals surface area contributed by atoms with Gasteiger partial charge >= 0.3 is 0 Å². The van der Waals surface area contributed by atoms with Crippen LogP contribution in [0.25, 0.3) is 0 Å². The fourth-order valence-electron chi connectivity index (χ4n) is 0.780. The number of aliphatic hydroxyl groups is 1. The Balaban J connectivity index is -0.000000173. The Kier molecular flexibility index (Phi) is 29.2. The second-order valence-electron chi connectivity index (χ2n) is 2.55. The molecule has 0 aliphatic heterocycles. The number of aliphatic hydroxyl groups excluding tert-OH is 1. The van der Waals surface area contributed by atoms with Gasteiger partial charge in [-0.2, -0.15) is 6.42 Å². The smallest absolute Gasteiger partial charge is 0.204 e. The Bertz CT molecular complexity index is 63.9. The van der Waals surface area contributed by atoms with Crippen molar-refractivity contribution in [2.45, 2.75) is 50.5 Å². The molecule has 0 spiro atoms. The molecule has 80 valence electrons. The first-order valence-electron chi connectivity index (χ1n) is 4.40. The third-order valence-electron chi connectivity index (χ3n) is 1.35. The Morgan fingerprint density at radius 1 is 1.15 bits per heavy atom. The average Bonchev–Trinajstić information content (AvgIpc) is 1.97. The van der Waals surface area contributed by atoms with Gasteiger partial charge in [-0.15, -0.1) is 0 Å². The molecule has 0 heterocycles. The molecule has 0 rings (SSSR count). The minimum atomic E-state index is -1.22. The van der Waals surface area contributed by atoms with E-state index in [2.05, 4.69) is 37.0 Å². The van der Waals surface area contributed by atoms with Crippen LogP contribution in [0.5, 0.6) is 0 Å². The van der Waals surface area contributed by atoms with Crippen molar-refractivity contribution in [1.82, 2.24) is 0 Å². The largest absolute Gasteiger partial charge is 0.365 e. The zero-order valence-electron chi connectivity index (χ0n) is 8.23. The van der Waals surface area contributed by atoms with Gasteiger partial charge < -0.3 is 12.0 Å². The summed E-state index contributed by atoms with van der Waals surface area (Å²) in [5.74, 6) is 0. The van der Waals surface area contributed by atoms with Gasteiger partial charge in [0.2, 0.25) is 5.02 Å². The number of rotatable bonds is 5. The van der Waals surface area contributed by atoms with E-state index in [-0.39, 0.29) is 26.2 Å². The van der Waals surface area contributed by atoms with Gasteiger partial charge in [-0.25, -0.2) is 0 Å². The van der Waals surface area contributed by atoms with Crippen molar-refractivity contribution < 1.29 is 31.3 Å². The van der Waals surface area contributed by atoms with Gasteiger partial charge in [0, 0.05) is 26.2 Å². The molecule has 0 amide bonds. The Labute approximate surface area is 111 Å². The molecule has 0 aliphatic carbocycles. The predicted octanol–water partition coefficient (Wildman–Crippen LogP) is 3.92. The second-order valence-corrected chi connectivity index (χ2v) is 3.60.